The number of rotatable bonds is 2. The molecule has 2 aromatic rings. The second-order valence-electron chi connectivity index (χ2n) is 3.98. The Bertz CT molecular complexity index is 655. The Balaban J connectivity index is 1.91. The average molecular weight is 291 g/mol. The summed E-state index contributed by atoms with van der Waals surface area (Å²) in [7, 11) is 0. The Morgan fingerprint density at radius 3 is 3.21 bits per heavy atom. The van der Waals surface area contributed by atoms with E-state index >= 15 is 0 Å². The maximum atomic E-state index is 12.0. The van der Waals surface area contributed by atoms with E-state index in [1.54, 1.807) is 0 Å². The zero-order valence-electron chi connectivity index (χ0n) is 9.77. The van der Waals surface area contributed by atoms with Crippen molar-refractivity contribution in [1.29, 1.82) is 5.26 Å². The first-order valence-corrected chi connectivity index (χ1v) is 7.22. The second kappa shape index (κ2) is 5.05. The second-order valence-corrected chi connectivity index (χ2v) is 5.87. The minimum absolute atomic E-state index is 0.266. The quantitative estimate of drug-likeness (QED) is 0.872. The third-order valence-electron chi connectivity index (χ3n) is 2.85. The highest BCUT2D eigenvalue weighted by molar-refractivity contribution is 7.17. The van der Waals surface area contributed by atoms with Crippen molar-refractivity contribution in [2.24, 2.45) is 0 Å². The number of carbonyl (C=O) groups excluding carboxylic acids is 1. The fourth-order valence-electron chi connectivity index (χ4n) is 1.97. The van der Waals surface area contributed by atoms with Crippen molar-refractivity contribution in [2.45, 2.75) is 13.0 Å². The van der Waals surface area contributed by atoms with Crippen LogP contribution in [-0.4, -0.2) is 22.0 Å². The van der Waals surface area contributed by atoms with Gasteiger partial charge in [-0.05, 0) is 30.1 Å². The van der Waals surface area contributed by atoms with Crippen LogP contribution in [0.15, 0.2) is 6.20 Å². The van der Waals surface area contributed by atoms with Crippen LogP contribution in [0.5, 0.6) is 0 Å². The molecule has 0 saturated carbocycles. The molecule has 0 bridgehead atoms. The van der Waals surface area contributed by atoms with Crippen LogP contribution < -0.4 is 10.6 Å². The number of carbonyl (C=O) groups is 1. The summed E-state index contributed by atoms with van der Waals surface area (Å²) in [6, 6.07) is 2.19. The van der Waals surface area contributed by atoms with Crippen LogP contribution in [0.2, 0.25) is 0 Å². The summed E-state index contributed by atoms with van der Waals surface area (Å²) < 4.78 is 3.65. The molecule has 0 radical (unpaired) electrons. The number of fused-ring (bicyclic) bond motifs is 1. The van der Waals surface area contributed by atoms with E-state index in [4.69, 9.17) is 0 Å². The number of hydrogen-bond donors (Lipinski definition) is 2. The van der Waals surface area contributed by atoms with Gasteiger partial charge in [0, 0.05) is 11.4 Å². The molecule has 0 unspecified atom stereocenters. The van der Waals surface area contributed by atoms with Crippen LogP contribution in [0.1, 0.15) is 25.7 Å². The standard InChI is InChI=1S/C11H9N5OS2/c12-3-7-6-1-2-13-4-8(6)18-11(7)15-10(17)9-5-14-16-19-9/h5,13H,1-2,4H2,(H,15,17). The molecule has 0 atom stereocenters. The van der Waals surface area contributed by atoms with E-state index in [1.165, 1.54) is 17.5 Å². The molecule has 0 aliphatic carbocycles. The molecule has 1 aliphatic rings. The minimum atomic E-state index is -0.266. The third kappa shape index (κ3) is 2.23. The Labute approximate surface area is 117 Å². The van der Waals surface area contributed by atoms with E-state index in [-0.39, 0.29) is 5.91 Å². The number of anilines is 1. The fourth-order valence-corrected chi connectivity index (χ4v) is 3.55. The Morgan fingerprint density at radius 2 is 2.47 bits per heavy atom. The van der Waals surface area contributed by atoms with Crippen LogP contribution in [0.25, 0.3) is 0 Å². The third-order valence-corrected chi connectivity index (χ3v) is 4.66. The van der Waals surface area contributed by atoms with Gasteiger partial charge in [0.1, 0.15) is 15.9 Å². The van der Waals surface area contributed by atoms with Gasteiger partial charge in [-0.1, -0.05) is 4.49 Å². The molecule has 0 saturated heterocycles. The van der Waals surface area contributed by atoms with Crippen molar-refractivity contribution >= 4 is 33.8 Å². The number of hydrogen-bond acceptors (Lipinski definition) is 7. The van der Waals surface area contributed by atoms with Crippen LogP contribution in [0, 0.1) is 11.3 Å². The van der Waals surface area contributed by atoms with Gasteiger partial charge in [0.15, 0.2) is 0 Å². The zero-order chi connectivity index (χ0) is 13.2. The van der Waals surface area contributed by atoms with Crippen molar-refractivity contribution < 1.29 is 4.79 Å². The van der Waals surface area contributed by atoms with E-state index in [0.29, 0.717) is 15.4 Å². The maximum Gasteiger partial charge on any atom is 0.269 e. The highest BCUT2D eigenvalue weighted by Crippen LogP contribution is 2.35. The largest absolute Gasteiger partial charge is 0.312 e. The summed E-state index contributed by atoms with van der Waals surface area (Å²) in [5.41, 5.74) is 1.65. The molecule has 2 aromatic heterocycles. The SMILES string of the molecule is N#Cc1c(NC(=O)c2cnns2)sc2c1CCNC2. The average Bonchev–Trinajstić information content (AvgIpc) is 3.05. The molecule has 19 heavy (non-hydrogen) atoms. The first kappa shape index (κ1) is 12.2. The number of nitrogens with zero attached hydrogens (tertiary/aromatic N) is 3. The van der Waals surface area contributed by atoms with Gasteiger partial charge in [0.2, 0.25) is 0 Å². The lowest BCUT2D eigenvalue weighted by molar-refractivity contribution is 0.103. The molecule has 2 N–H and O–H groups in total. The maximum absolute atomic E-state index is 12.0. The lowest BCUT2D eigenvalue weighted by Gasteiger charge is -2.11. The molecule has 8 heteroatoms. The van der Waals surface area contributed by atoms with Crippen LogP contribution in [-0.2, 0) is 13.0 Å². The van der Waals surface area contributed by atoms with Gasteiger partial charge in [-0.3, -0.25) is 4.79 Å². The molecule has 0 fully saturated rings. The Kier molecular flexibility index (Phi) is 3.25. The summed E-state index contributed by atoms with van der Waals surface area (Å²) in [5, 5.41) is 19.6. The molecule has 96 valence electrons. The fraction of sp³-hybridized carbons (Fsp3) is 0.273. The van der Waals surface area contributed by atoms with E-state index in [2.05, 4.69) is 26.3 Å². The van der Waals surface area contributed by atoms with Gasteiger partial charge in [0.05, 0.1) is 11.8 Å². The highest BCUT2D eigenvalue weighted by Gasteiger charge is 2.22. The molecule has 6 nitrogen and oxygen atoms in total. The molecule has 3 rings (SSSR count). The van der Waals surface area contributed by atoms with Gasteiger partial charge in [0.25, 0.3) is 5.91 Å². The molecule has 1 amide bonds. The smallest absolute Gasteiger partial charge is 0.269 e. The number of nitrogens with one attached hydrogen (secondary N) is 2. The lowest BCUT2D eigenvalue weighted by atomic mass is 10.1. The van der Waals surface area contributed by atoms with Gasteiger partial charge < -0.3 is 10.6 Å². The van der Waals surface area contributed by atoms with Gasteiger partial charge >= 0.3 is 0 Å². The summed E-state index contributed by atoms with van der Waals surface area (Å²) in [6.07, 6.45) is 2.24. The minimum Gasteiger partial charge on any atom is -0.312 e. The predicted molar refractivity (Wildman–Crippen MR) is 72.3 cm³/mol. The highest BCUT2D eigenvalue weighted by atomic mass is 32.1. The molecule has 1 aliphatic heterocycles. The van der Waals surface area contributed by atoms with Crippen molar-refractivity contribution in [3.05, 3.63) is 27.1 Å². The Hall–Kier alpha value is -1.82. The van der Waals surface area contributed by atoms with Crippen molar-refractivity contribution in [1.82, 2.24) is 14.9 Å². The summed E-state index contributed by atoms with van der Waals surface area (Å²) in [5.74, 6) is -0.266. The normalized spacial score (nSPS) is 13.6. The van der Waals surface area contributed by atoms with Crippen molar-refractivity contribution in [2.75, 3.05) is 11.9 Å². The van der Waals surface area contributed by atoms with Crippen molar-refractivity contribution in [3.63, 3.8) is 0 Å². The predicted octanol–water partition coefficient (Wildman–Crippen LogP) is 1.37. The zero-order valence-corrected chi connectivity index (χ0v) is 11.4. The molecule has 0 aromatic carbocycles. The number of amides is 1. The molecular formula is C11H9N5OS2. The summed E-state index contributed by atoms with van der Waals surface area (Å²) in [4.78, 5) is 13.5. The number of aromatic nitrogens is 2. The monoisotopic (exact) mass is 291 g/mol. The van der Waals surface area contributed by atoms with E-state index in [1.807, 2.05) is 0 Å². The number of thiophene rings is 1. The van der Waals surface area contributed by atoms with E-state index in [0.717, 1.165) is 41.5 Å². The topological polar surface area (TPSA) is 90.7 Å². The van der Waals surface area contributed by atoms with Crippen LogP contribution in [0.4, 0.5) is 5.00 Å². The lowest BCUT2D eigenvalue weighted by Crippen LogP contribution is -2.22. The van der Waals surface area contributed by atoms with Gasteiger partial charge in [-0.2, -0.15) is 5.26 Å². The summed E-state index contributed by atoms with van der Waals surface area (Å²) in [6.45, 7) is 1.62. The summed E-state index contributed by atoms with van der Waals surface area (Å²) >= 11 is 2.49. The Morgan fingerprint density at radius 1 is 1.58 bits per heavy atom. The van der Waals surface area contributed by atoms with Crippen LogP contribution in [0.3, 0.4) is 0 Å². The van der Waals surface area contributed by atoms with Gasteiger partial charge in [-0.15, -0.1) is 16.4 Å². The number of nitriles is 1. The van der Waals surface area contributed by atoms with Crippen LogP contribution >= 0.6 is 22.9 Å². The van der Waals surface area contributed by atoms with Gasteiger partial charge in [-0.25, -0.2) is 0 Å². The first-order valence-electron chi connectivity index (χ1n) is 5.63. The molecular weight excluding hydrogens is 282 g/mol. The molecule has 3 heterocycles. The van der Waals surface area contributed by atoms with Crippen molar-refractivity contribution in [3.8, 4) is 6.07 Å². The van der Waals surface area contributed by atoms with E-state index < -0.39 is 0 Å². The molecule has 0 spiro atoms. The first-order chi connectivity index (χ1) is 9.29. The van der Waals surface area contributed by atoms with E-state index in [9.17, 15) is 10.1 Å².